The van der Waals surface area contributed by atoms with E-state index in [0.29, 0.717) is 29.9 Å². The molecular formula is C14H20N4O2. The third-order valence-electron chi connectivity index (χ3n) is 3.42. The van der Waals surface area contributed by atoms with Gasteiger partial charge in [0.2, 0.25) is 5.91 Å². The van der Waals surface area contributed by atoms with Crippen molar-refractivity contribution in [3.8, 4) is 0 Å². The third-order valence-corrected chi connectivity index (χ3v) is 3.42. The highest BCUT2D eigenvalue weighted by Crippen LogP contribution is 2.19. The average molecular weight is 276 g/mol. The van der Waals surface area contributed by atoms with E-state index in [1.807, 2.05) is 4.90 Å². The molecule has 1 aromatic carbocycles. The Morgan fingerprint density at radius 2 is 1.95 bits per heavy atom. The number of rotatable bonds is 5. The number of primary amides is 1. The van der Waals surface area contributed by atoms with Crippen LogP contribution in [0.4, 0.5) is 11.4 Å². The number of hydrogen-bond donors (Lipinski definition) is 3. The Balaban J connectivity index is 1.91. The molecule has 1 aliphatic heterocycles. The van der Waals surface area contributed by atoms with E-state index in [2.05, 4.69) is 5.32 Å². The number of amides is 2. The Hall–Kier alpha value is -2.24. The van der Waals surface area contributed by atoms with Gasteiger partial charge in [-0.3, -0.25) is 9.59 Å². The van der Waals surface area contributed by atoms with E-state index in [9.17, 15) is 9.59 Å². The fourth-order valence-corrected chi connectivity index (χ4v) is 2.35. The molecule has 0 bridgehead atoms. The largest absolute Gasteiger partial charge is 0.399 e. The fourth-order valence-electron chi connectivity index (χ4n) is 2.35. The molecule has 1 fully saturated rings. The summed E-state index contributed by atoms with van der Waals surface area (Å²) in [6, 6.07) is 4.86. The Kier molecular flexibility index (Phi) is 4.45. The van der Waals surface area contributed by atoms with E-state index in [4.69, 9.17) is 11.5 Å². The molecule has 0 atom stereocenters. The molecule has 5 N–H and O–H groups in total. The van der Waals surface area contributed by atoms with Crippen LogP contribution in [0.1, 0.15) is 29.6 Å². The molecule has 2 rings (SSSR count). The second-order valence-corrected chi connectivity index (χ2v) is 4.93. The molecule has 0 unspecified atom stereocenters. The third kappa shape index (κ3) is 3.40. The number of nitrogens with zero attached hydrogens (tertiary/aromatic N) is 1. The fraction of sp³-hybridized carbons (Fsp3) is 0.429. The van der Waals surface area contributed by atoms with Crippen molar-refractivity contribution in [2.45, 2.75) is 19.3 Å². The smallest absolute Gasteiger partial charge is 0.250 e. The molecule has 1 saturated heterocycles. The lowest BCUT2D eigenvalue weighted by Crippen LogP contribution is -2.29. The zero-order chi connectivity index (χ0) is 14.5. The lowest BCUT2D eigenvalue weighted by atomic mass is 10.1. The minimum atomic E-state index is -0.515. The van der Waals surface area contributed by atoms with Gasteiger partial charge in [-0.05, 0) is 31.0 Å². The standard InChI is InChI=1S/C14H20N4O2/c15-10-3-4-11(14(16)20)12(9-10)17-6-5-13(19)18-7-1-2-8-18/h3-4,9,17H,1-2,5-8,15H2,(H2,16,20). The van der Waals surface area contributed by atoms with Gasteiger partial charge in [0.25, 0.3) is 5.91 Å². The van der Waals surface area contributed by atoms with Crippen molar-refractivity contribution in [2.24, 2.45) is 5.73 Å². The quantitative estimate of drug-likeness (QED) is 0.692. The molecule has 1 heterocycles. The van der Waals surface area contributed by atoms with Crippen LogP contribution in [-0.4, -0.2) is 36.3 Å². The summed E-state index contributed by atoms with van der Waals surface area (Å²) in [6.07, 6.45) is 2.56. The number of hydrogen-bond acceptors (Lipinski definition) is 4. The normalized spacial score (nSPS) is 14.3. The first-order valence-corrected chi connectivity index (χ1v) is 6.79. The first-order valence-electron chi connectivity index (χ1n) is 6.79. The van der Waals surface area contributed by atoms with Crippen molar-refractivity contribution in [1.29, 1.82) is 0 Å². The van der Waals surface area contributed by atoms with Crippen molar-refractivity contribution in [3.05, 3.63) is 23.8 Å². The Morgan fingerprint density at radius 1 is 1.25 bits per heavy atom. The summed E-state index contributed by atoms with van der Waals surface area (Å²) >= 11 is 0. The molecule has 0 spiro atoms. The first kappa shape index (κ1) is 14.2. The number of likely N-dealkylation sites (tertiary alicyclic amines) is 1. The highest BCUT2D eigenvalue weighted by molar-refractivity contribution is 5.99. The Morgan fingerprint density at radius 3 is 2.60 bits per heavy atom. The molecule has 20 heavy (non-hydrogen) atoms. The summed E-state index contributed by atoms with van der Waals surface area (Å²) < 4.78 is 0. The molecule has 0 saturated carbocycles. The first-order chi connectivity index (χ1) is 9.58. The zero-order valence-corrected chi connectivity index (χ0v) is 11.4. The summed E-state index contributed by atoms with van der Waals surface area (Å²) in [5.41, 5.74) is 12.5. The molecular weight excluding hydrogens is 256 g/mol. The lowest BCUT2D eigenvalue weighted by molar-refractivity contribution is -0.129. The maximum absolute atomic E-state index is 11.9. The maximum atomic E-state index is 11.9. The molecule has 6 heteroatoms. The van der Waals surface area contributed by atoms with Crippen molar-refractivity contribution in [2.75, 3.05) is 30.7 Å². The summed E-state index contributed by atoms with van der Waals surface area (Å²) in [4.78, 5) is 25.1. The maximum Gasteiger partial charge on any atom is 0.250 e. The predicted molar refractivity (Wildman–Crippen MR) is 78.3 cm³/mol. The zero-order valence-electron chi connectivity index (χ0n) is 11.4. The summed E-state index contributed by atoms with van der Waals surface area (Å²) in [6.45, 7) is 2.16. The van der Waals surface area contributed by atoms with E-state index < -0.39 is 5.91 Å². The van der Waals surface area contributed by atoms with E-state index in [0.717, 1.165) is 25.9 Å². The van der Waals surface area contributed by atoms with Gasteiger partial charge in [0.1, 0.15) is 0 Å². The van der Waals surface area contributed by atoms with Crippen LogP contribution in [0.25, 0.3) is 0 Å². The summed E-state index contributed by atoms with van der Waals surface area (Å²) in [5.74, 6) is -0.377. The van der Waals surface area contributed by atoms with Crippen LogP contribution >= 0.6 is 0 Å². The van der Waals surface area contributed by atoms with E-state index in [-0.39, 0.29) is 5.91 Å². The van der Waals surface area contributed by atoms with Gasteiger partial charge in [0.05, 0.1) is 5.56 Å². The number of anilines is 2. The number of carbonyl (C=O) groups is 2. The second-order valence-electron chi connectivity index (χ2n) is 4.93. The lowest BCUT2D eigenvalue weighted by Gasteiger charge is -2.16. The van der Waals surface area contributed by atoms with Gasteiger partial charge in [-0.15, -0.1) is 0 Å². The monoisotopic (exact) mass is 276 g/mol. The Labute approximate surface area is 118 Å². The summed E-state index contributed by atoms with van der Waals surface area (Å²) in [7, 11) is 0. The minimum absolute atomic E-state index is 0.138. The number of carbonyl (C=O) groups excluding carboxylic acids is 2. The van der Waals surface area contributed by atoms with Crippen molar-refractivity contribution >= 4 is 23.2 Å². The van der Waals surface area contributed by atoms with Gasteiger partial charge in [-0.1, -0.05) is 0 Å². The Bertz CT molecular complexity index is 510. The number of nitrogen functional groups attached to an aromatic ring is 1. The van der Waals surface area contributed by atoms with Crippen LogP contribution in [0, 0.1) is 0 Å². The van der Waals surface area contributed by atoms with Gasteiger partial charge in [0, 0.05) is 37.4 Å². The molecule has 0 aliphatic carbocycles. The predicted octanol–water partition coefficient (Wildman–Crippen LogP) is 0.792. The topological polar surface area (TPSA) is 101 Å². The van der Waals surface area contributed by atoms with Gasteiger partial charge < -0.3 is 21.7 Å². The average Bonchev–Trinajstić information content (AvgIpc) is 2.92. The van der Waals surface area contributed by atoms with Crippen molar-refractivity contribution in [1.82, 2.24) is 4.90 Å². The van der Waals surface area contributed by atoms with Crippen LogP contribution in [-0.2, 0) is 4.79 Å². The summed E-state index contributed by atoms with van der Waals surface area (Å²) in [5, 5.41) is 3.06. The van der Waals surface area contributed by atoms with Gasteiger partial charge in [0.15, 0.2) is 0 Å². The highest BCUT2D eigenvalue weighted by Gasteiger charge is 2.17. The molecule has 0 aromatic heterocycles. The number of benzene rings is 1. The van der Waals surface area contributed by atoms with Gasteiger partial charge in [-0.25, -0.2) is 0 Å². The van der Waals surface area contributed by atoms with E-state index in [1.54, 1.807) is 18.2 Å². The molecule has 0 radical (unpaired) electrons. The molecule has 108 valence electrons. The van der Waals surface area contributed by atoms with Crippen LogP contribution in [0.5, 0.6) is 0 Å². The van der Waals surface area contributed by atoms with Crippen LogP contribution in [0.3, 0.4) is 0 Å². The minimum Gasteiger partial charge on any atom is -0.399 e. The molecule has 6 nitrogen and oxygen atoms in total. The van der Waals surface area contributed by atoms with Crippen LogP contribution in [0.2, 0.25) is 0 Å². The second kappa shape index (κ2) is 6.27. The van der Waals surface area contributed by atoms with Gasteiger partial charge in [-0.2, -0.15) is 0 Å². The van der Waals surface area contributed by atoms with Crippen molar-refractivity contribution < 1.29 is 9.59 Å². The van der Waals surface area contributed by atoms with E-state index in [1.165, 1.54) is 0 Å². The molecule has 2 amide bonds. The number of nitrogens with one attached hydrogen (secondary N) is 1. The van der Waals surface area contributed by atoms with Crippen molar-refractivity contribution in [3.63, 3.8) is 0 Å². The van der Waals surface area contributed by atoms with Crippen LogP contribution in [0.15, 0.2) is 18.2 Å². The molecule has 1 aromatic rings. The highest BCUT2D eigenvalue weighted by atomic mass is 16.2. The van der Waals surface area contributed by atoms with Gasteiger partial charge >= 0.3 is 0 Å². The molecule has 1 aliphatic rings. The SMILES string of the molecule is NC(=O)c1ccc(N)cc1NCCC(=O)N1CCCC1. The van der Waals surface area contributed by atoms with Crippen LogP contribution < -0.4 is 16.8 Å². The van der Waals surface area contributed by atoms with E-state index >= 15 is 0 Å². The number of nitrogens with two attached hydrogens (primary N) is 2.